The van der Waals surface area contributed by atoms with E-state index in [2.05, 4.69) is 54.6 Å². The van der Waals surface area contributed by atoms with Crippen LogP contribution in [-0.4, -0.2) is 9.78 Å². The van der Waals surface area contributed by atoms with Crippen molar-refractivity contribution in [2.75, 3.05) is 5.32 Å². The molecule has 0 saturated carbocycles. The minimum absolute atomic E-state index is 0.343. The van der Waals surface area contributed by atoms with Crippen LogP contribution in [0.2, 0.25) is 0 Å². The van der Waals surface area contributed by atoms with Crippen LogP contribution in [0.15, 0.2) is 42.7 Å². The topological polar surface area (TPSA) is 29.9 Å². The molecule has 1 N–H and O–H groups in total. The highest BCUT2D eigenvalue weighted by Crippen LogP contribution is 2.25. The lowest BCUT2D eigenvalue weighted by molar-refractivity contribution is 0.531. The molecule has 1 heterocycles. The van der Waals surface area contributed by atoms with Gasteiger partial charge < -0.3 is 5.32 Å². The summed E-state index contributed by atoms with van der Waals surface area (Å²) >= 11 is 0. The van der Waals surface area contributed by atoms with Crippen LogP contribution >= 0.6 is 0 Å². The van der Waals surface area contributed by atoms with Crippen molar-refractivity contribution in [1.29, 1.82) is 0 Å². The maximum absolute atomic E-state index is 4.20. The molecule has 0 saturated heterocycles. The summed E-state index contributed by atoms with van der Waals surface area (Å²) in [5.74, 6) is 0.652. The van der Waals surface area contributed by atoms with Crippen molar-refractivity contribution < 1.29 is 0 Å². The lowest BCUT2D eigenvalue weighted by Gasteiger charge is -2.21. The van der Waals surface area contributed by atoms with Gasteiger partial charge in [-0.15, -0.1) is 0 Å². The van der Waals surface area contributed by atoms with Gasteiger partial charge in [0.25, 0.3) is 0 Å². The number of benzene rings is 1. The van der Waals surface area contributed by atoms with Crippen molar-refractivity contribution in [2.45, 2.75) is 26.3 Å². The van der Waals surface area contributed by atoms with Gasteiger partial charge in [0, 0.05) is 13.2 Å². The summed E-state index contributed by atoms with van der Waals surface area (Å²) in [5.41, 5.74) is 2.40. The number of aromatic nitrogens is 2. The van der Waals surface area contributed by atoms with Crippen LogP contribution in [0.1, 0.15) is 31.9 Å². The van der Waals surface area contributed by atoms with Crippen LogP contribution in [0.25, 0.3) is 0 Å². The lowest BCUT2D eigenvalue weighted by Crippen LogP contribution is -2.12. The largest absolute Gasteiger partial charge is 0.376 e. The van der Waals surface area contributed by atoms with E-state index in [1.807, 2.05) is 24.1 Å². The zero-order chi connectivity index (χ0) is 13.0. The Labute approximate surface area is 109 Å². The maximum atomic E-state index is 4.20. The standard InChI is InChI=1S/C15H21N3/c1-12(2)9-15(13-7-5-4-6-8-13)17-14-10-16-18(3)11-14/h4-8,10-12,15,17H,9H2,1-3H3. The highest BCUT2D eigenvalue weighted by molar-refractivity contribution is 5.41. The Bertz CT molecular complexity index is 473. The predicted molar refractivity (Wildman–Crippen MR) is 75.5 cm³/mol. The summed E-state index contributed by atoms with van der Waals surface area (Å²) in [5, 5.41) is 7.76. The Morgan fingerprint density at radius 2 is 1.94 bits per heavy atom. The molecular formula is C15H21N3. The second kappa shape index (κ2) is 5.71. The van der Waals surface area contributed by atoms with Gasteiger partial charge in [-0.1, -0.05) is 44.2 Å². The van der Waals surface area contributed by atoms with Gasteiger partial charge >= 0.3 is 0 Å². The molecule has 1 aromatic carbocycles. The van der Waals surface area contributed by atoms with Crippen molar-refractivity contribution in [1.82, 2.24) is 9.78 Å². The quantitative estimate of drug-likeness (QED) is 0.869. The predicted octanol–water partition coefficient (Wildman–Crippen LogP) is 3.62. The van der Waals surface area contributed by atoms with Gasteiger partial charge in [0.15, 0.2) is 0 Å². The Hall–Kier alpha value is -1.77. The Balaban J connectivity index is 2.15. The van der Waals surface area contributed by atoms with Crippen LogP contribution in [-0.2, 0) is 7.05 Å². The van der Waals surface area contributed by atoms with Crippen molar-refractivity contribution in [3.05, 3.63) is 48.3 Å². The van der Waals surface area contributed by atoms with E-state index in [0.29, 0.717) is 12.0 Å². The fourth-order valence-electron chi connectivity index (χ4n) is 2.13. The SMILES string of the molecule is CC(C)CC(Nc1cnn(C)c1)c1ccccc1. The fourth-order valence-corrected chi connectivity index (χ4v) is 2.13. The van der Waals surface area contributed by atoms with Gasteiger partial charge in [-0.25, -0.2) is 0 Å². The Morgan fingerprint density at radius 1 is 1.22 bits per heavy atom. The van der Waals surface area contributed by atoms with Gasteiger partial charge in [0.1, 0.15) is 0 Å². The molecule has 1 unspecified atom stereocenters. The zero-order valence-corrected chi connectivity index (χ0v) is 11.3. The van der Waals surface area contributed by atoms with Gasteiger partial charge in [-0.05, 0) is 17.9 Å². The number of anilines is 1. The fraction of sp³-hybridized carbons (Fsp3) is 0.400. The average molecular weight is 243 g/mol. The summed E-state index contributed by atoms with van der Waals surface area (Å²) < 4.78 is 1.82. The van der Waals surface area contributed by atoms with E-state index in [-0.39, 0.29) is 0 Å². The molecule has 0 radical (unpaired) electrons. The zero-order valence-electron chi connectivity index (χ0n) is 11.3. The first-order valence-electron chi connectivity index (χ1n) is 6.45. The highest BCUT2D eigenvalue weighted by Gasteiger charge is 2.13. The second-order valence-corrected chi connectivity index (χ2v) is 5.14. The number of hydrogen-bond donors (Lipinski definition) is 1. The third-order valence-corrected chi connectivity index (χ3v) is 2.95. The molecule has 1 atom stereocenters. The summed E-state index contributed by atoms with van der Waals surface area (Å²) in [6.07, 6.45) is 4.99. The monoisotopic (exact) mass is 243 g/mol. The average Bonchev–Trinajstić information content (AvgIpc) is 2.75. The molecule has 0 fully saturated rings. The van der Waals surface area contributed by atoms with Gasteiger partial charge in [-0.3, -0.25) is 4.68 Å². The Kier molecular flexibility index (Phi) is 4.03. The van der Waals surface area contributed by atoms with Crippen LogP contribution in [0.5, 0.6) is 0 Å². The van der Waals surface area contributed by atoms with Crippen LogP contribution in [0.3, 0.4) is 0 Å². The summed E-state index contributed by atoms with van der Waals surface area (Å²) in [6.45, 7) is 4.50. The molecular weight excluding hydrogens is 222 g/mol. The number of aryl methyl sites for hydroxylation is 1. The highest BCUT2D eigenvalue weighted by atomic mass is 15.3. The maximum Gasteiger partial charge on any atom is 0.0731 e. The molecule has 3 nitrogen and oxygen atoms in total. The molecule has 1 aromatic heterocycles. The molecule has 96 valence electrons. The van der Waals surface area contributed by atoms with E-state index in [1.165, 1.54) is 5.56 Å². The molecule has 0 aliphatic heterocycles. The number of nitrogens with one attached hydrogen (secondary N) is 1. The van der Waals surface area contributed by atoms with Crippen molar-refractivity contribution in [2.24, 2.45) is 13.0 Å². The van der Waals surface area contributed by atoms with Gasteiger partial charge in [0.05, 0.1) is 17.9 Å². The molecule has 0 aliphatic rings. The summed E-state index contributed by atoms with van der Waals surface area (Å²) in [7, 11) is 1.94. The second-order valence-electron chi connectivity index (χ2n) is 5.14. The molecule has 18 heavy (non-hydrogen) atoms. The first kappa shape index (κ1) is 12.7. The van der Waals surface area contributed by atoms with E-state index in [4.69, 9.17) is 0 Å². The van der Waals surface area contributed by atoms with Gasteiger partial charge in [0.2, 0.25) is 0 Å². The first-order chi connectivity index (χ1) is 8.65. The summed E-state index contributed by atoms with van der Waals surface area (Å²) in [4.78, 5) is 0. The van der Waals surface area contributed by atoms with Crippen LogP contribution in [0.4, 0.5) is 5.69 Å². The van der Waals surface area contributed by atoms with E-state index < -0.39 is 0 Å². The minimum Gasteiger partial charge on any atom is -0.376 e. The van der Waals surface area contributed by atoms with Crippen molar-refractivity contribution in [3.63, 3.8) is 0 Å². The normalized spacial score (nSPS) is 12.7. The molecule has 2 aromatic rings. The number of hydrogen-bond acceptors (Lipinski definition) is 2. The molecule has 0 aliphatic carbocycles. The molecule has 2 rings (SSSR count). The smallest absolute Gasteiger partial charge is 0.0731 e. The number of rotatable bonds is 5. The van der Waals surface area contributed by atoms with Crippen molar-refractivity contribution in [3.8, 4) is 0 Å². The number of nitrogens with zero attached hydrogens (tertiary/aromatic N) is 2. The summed E-state index contributed by atoms with van der Waals surface area (Å²) in [6, 6.07) is 10.9. The molecule has 3 heteroatoms. The van der Waals surface area contributed by atoms with E-state index in [1.54, 1.807) is 0 Å². The van der Waals surface area contributed by atoms with E-state index in [0.717, 1.165) is 12.1 Å². The van der Waals surface area contributed by atoms with Gasteiger partial charge in [-0.2, -0.15) is 5.10 Å². The minimum atomic E-state index is 0.343. The van der Waals surface area contributed by atoms with Crippen LogP contribution < -0.4 is 5.32 Å². The van der Waals surface area contributed by atoms with E-state index in [9.17, 15) is 0 Å². The lowest BCUT2D eigenvalue weighted by atomic mass is 9.97. The van der Waals surface area contributed by atoms with E-state index >= 15 is 0 Å². The van der Waals surface area contributed by atoms with Crippen LogP contribution in [0, 0.1) is 5.92 Å². The first-order valence-corrected chi connectivity index (χ1v) is 6.45. The van der Waals surface area contributed by atoms with Crippen molar-refractivity contribution >= 4 is 5.69 Å². The Morgan fingerprint density at radius 3 is 2.50 bits per heavy atom. The molecule has 0 amide bonds. The third-order valence-electron chi connectivity index (χ3n) is 2.95. The molecule has 0 spiro atoms. The molecule has 0 bridgehead atoms. The third kappa shape index (κ3) is 3.36.